The zero-order chi connectivity index (χ0) is 14.2. The van der Waals surface area contributed by atoms with E-state index in [1.54, 1.807) is 12.1 Å². The molecule has 1 N–H and O–H groups in total. The second kappa shape index (κ2) is 4.76. The zero-order valence-corrected chi connectivity index (χ0v) is 11.2. The lowest BCUT2D eigenvalue weighted by molar-refractivity contribution is -0.117. The van der Waals surface area contributed by atoms with Crippen molar-refractivity contribution in [2.45, 2.75) is 12.8 Å². The first-order valence-electron chi connectivity index (χ1n) is 6.84. The first-order chi connectivity index (χ1) is 10.3. The van der Waals surface area contributed by atoms with Crippen LogP contribution in [0.4, 0.5) is 6.01 Å². The van der Waals surface area contributed by atoms with Crippen LogP contribution in [0, 0.1) is 5.92 Å². The summed E-state index contributed by atoms with van der Waals surface area (Å²) in [5, 5.41) is 10.4. The highest BCUT2D eigenvalue weighted by molar-refractivity contribution is 5.92. The Morgan fingerprint density at radius 2 is 1.95 bits per heavy atom. The molecule has 0 atom stereocenters. The smallest absolute Gasteiger partial charge is 0.322 e. The van der Waals surface area contributed by atoms with E-state index in [9.17, 15) is 4.79 Å². The molecule has 7 nitrogen and oxygen atoms in total. The summed E-state index contributed by atoms with van der Waals surface area (Å²) in [6, 6.07) is 5.52. The van der Waals surface area contributed by atoms with Crippen LogP contribution in [0.25, 0.3) is 11.5 Å². The van der Waals surface area contributed by atoms with Gasteiger partial charge in [0.25, 0.3) is 0 Å². The maximum absolute atomic E-state index is 11.6. The molecule has 21 heavy (non-hydrogen) atoms. The number of carbonyl (C=O) groups is 1. The molecule has 2 heterocycles. The molecular weight excluding hydrogens is 274 g/mol. The molecule has 0 spiro atoms. The van der Waals surface area contributed by atoms with Gasteiger partial charge in [0.2, 0.25) is 11.8 Å². The summed E-state index contributed by atoms with van der Waals surface area (Å²) in [4.78, 5) is 11.6. The molecule has 7 heteroatoms. The number of hydrogen-bond acceptors (Lipinski definition) is 6. The van der Waals surface area contributed by atoms with Gasteiger partial charge < -0.3 is 13.9 Å². The molecule has 1 aromatic carbocycles. The van der Waals surface area contributed by atoms with Gasteiger partial charge in [-0.05, 0) is 31.0 Å². The van der Waals surface area contributed by atoms with E-state index in [1.807, 2.05) is 6.07 Å². The normalized spacial score (nSPS) is 16.6. The van der Waals surface area contributed by atoms with Crippen LogP contribution in [-0.4, -0.2) is 29.3 Å². The van der Waals surface area contributed by atoms with E-state index in [4.69, 9.17) is 13.9 Å². The van der Waals surface area contributed by atoms with Gasteiger partial charge in [0, 0.05) is 11.5 Å². The molecular formula is C14H13N3O4. The summed E-state index contributed by atoms with van der Waals surface area (Å²) >= 11 is 0. The lowest BCUT2D eigenvalue weighted by Crippen LogP contribution is -2.15. The van der Waals surface area contributed by atoms with Crippen molar-refractivity contribution < 1.29 is 18.7 Å². The summed E-state index contributed by atoms with van der Waals surface area (Å²) in [6.07, 6.45) is 1.85. The van der Waals surface area contributed by atoms with Gasteiger partial charge >= 0.3 is 6.01 Å². The van der Waals surface area contributed by atoms with Gasteiger partial charge in [0.15, 0.2) is 11.5 Å². The van der Waals surface area contributed by atoms with Crippen LogP contribution in [0.15, 0.2) is 22.6 Å². The fourth-order valence-corrected chi connectivity index (χ4v) is 2.12. The van der Waals surface area contributed by atoms with Crippen molar-refractivity contribution in [3.8, 4) is 23.0 Å². The highest BCUT2D eigenvalue weighted by Crippen LogP contribution is 2.34. The number of nitrogens with zero attached hydrogens (tertiary/aromatic N) is 2. The Labute approximate surface area is 120 Å². The first-order valence-corrected chi connectivity index (χ1v) is 6.84. The average molecular weight is 287 g/mol. The van der Waals surface area contributed by atoms with Gasteiger partial charge in [0.1, 0.15) is 13.2 Å². The topological polar surface area (TPSA) is 86.5 Å². The number of anilines is 1. The van der Waals surface area contributed by atoms with E-state index in [1.165, 1.54) is 0 Å². The monoisotopic (exact) mass is 287 g/mol. The van der Waals surface area contributed by atoms with Gasteiger partial charge in [-0.15, -0.1) is 5.10 Å². The lowest BCUT2D eigenvalue weighted by Gasteiger charge is -2.18. The molecule has 1 aliphatic heterocycles. The van der Waals surface area contributed by atoms with Crippen molar-refractivity contribution >= 4 is 11.9 Å². The number of ether oxygens (including phenoxy) is 2. The Bertz CT molecular complexity index is 693. The van der Waals surface area contributed by atoms with Gasteiger partial charge in [0.05, 0.1) is 0 Å². The van der Waals surface area contributed by atoms with Gasteiger partial charge in [-0.1, -0.05) is 5.10 Å². The molecule has 4 rings (SSSR count). The summed E-state index contributed by atoms with van der Waals surface area (Å²) in [6.45, 7) is 1.06. The highest BCUT2D eigenvalue weighted by Gasteiger charge is 2.30. The molecule has 0 saturated heterocycles. The average Bonchev–Trinajstić information content (AvgIpc) is 3.27. The molecule has 1 aromatic heterocycles. The zero-order valence-electron chi connectivity index (χ0n) is 11.2. The van der Waals surface area contributed by atoms with Crippen molar-refractivity contribution in [1.29, 1.82) is 0 Å². The minimum Gasteiger partial charge on any atom is -0.486 e. The second-order valence-electron chi connectivity index (χ2n) is 5.03. The van der Waals surface area contributed by atoms with E-state index in [2.05, 4.69) is 15.5 Å². The Morgan fingerprint density at radius 3 is 2.76 bits per heavy atom. The fraction of sp³-hybridized carbons (Fsp3) is 0.357. The third kappa shape index (κ3) is 2.42. The SMILES string of the molecule is O=C(Nc1nnc(-c2ccc3c(c2)OCCO3)o1)C1CC1. The standard InChI is InChI=1S/C14H13N3O4/c18-12(8-1-2-8)15-14-17-16-13(21-14)9-3-4-10-11(7-9)20-6-5-19-10/h3-4,7-8H,1-2,5-6H2,(H,15,17,18). The minimum absolute atomic E-state index is 0.0626. The van der Waals surface area contributed by atoms with Crippen LogP contribution in [0.2, 0.25) is 0 Å². The maximum atomic E-state index is 11.6. The number of amides is 1. The van der Waals surface area contributed by atoms with Crippen LogP contribution in [-0.2, 0) is 4.79 Å². The van der Waals surface area contributed by atoms with Crippen molar-refractivity contribution in [2.75, 3.05) is 18.5 Å². The molecule has 1 aliphatic carbocycles. The van der Waals surface area contributed by atoms with E-state index in [0.29, 0.717) is 30.6 Å². The van der Waals surface area contributed by atoms with Gasteiger partial charge in [-0.3, -0.25) is 10.1 Å². The third-order valence-corrected chi connectivity index (χ3v) is 3.39. The number of hydrogen-bond donors (Lipinski definition) is 1. The molecule has 2 aromatic rings. The van der Waals surface area contributed by atoms with E-state index < -0.39 is 0 Å². The van der Waals surface area contributed by atoms with E-state index in [-0.39, 0.29) is 17.8 Å². The van der Waals surface area contributed by atoms with Crippen LogP contribution in [0.3, 0.4) is 0 Å². The predicted molar refractivity (Wildman–Crippen MR) is 72.1 cm³/mol. The number of carbonyl (C=O) groups excluding carboxylic acids is 1. The van der Waals surface area contributed by atoms with Crippen molar-refractivity contribution in [2.24, 2.45) is 5.92 Å². The molecule has 0 radical (unpaired) electrons. The summed E-state index contributed by atoms with van der Waals surface area (Å²) < 4.78 is 16.4. The van der Waals surface area contributed by atoms with Crippen molar-refractivity contribution in [3.05, 3.63) is 18.2 Å². The first kappa shape index (κ1) is 12.2. The van der Waals surface area contributed by atoms with Gasteiger partial charge in [-0.2, -0.15) is 0 Å². The maximum Gasteiger partial charge on any atom is 0.322 e. The molecule has 1 amide bonds. The molecule has 0 bridgehead atoms. The molecule has 108 valence electrons. The lowest BCUT2D eigenvalue weighted by atomic mass is 10.2. The number of aromatic nitrogens is 2. The Kier molecular flexibility index (Phi) is 2.77. The van der Waals surface area contributed by atoms with Crippen LogP contribution < -0.4 is 14.8 Å². The van der Waals surface area contributed by atoms with Crippen molar-refractivity contribution in [3.63, 3.8) is 0 Å². The van der Waals surface area contributed by atoms with Crippen molar-refractivity contribution in [1.82, 2.24) is 10.2 Å². The minimum atomic E-state index is -0.0626. The van der Waals surface area contributed by atoms with Crippen LogP contribution in [0.5, 0.6) is 11.5 Å². The molecule has 1 saturated carbocycles. The Morgan fingerprint density at radius 1 is 1.14 bits per heavy atom. The predicted octanol–water partition coefficient (Wildman–Crippen LogP) is 1.86. The number of nitrogens with one attached hydrogen (secondary N) is 1. The summed E-state index contributed by atoms with van der Waals surface area (Å²) in [5.41, 5.74) is 0.721. The molecule has 0 unspecified atom stereocenters. The number of rotatable bonds is 3. The number of benzene rings is 1. The molecule has 2 aliphatic rings. The van der Waals surface area contributed by atoms with Gasteiger partial charge in [-0.25, -0.2) is 0 Å². The van der Waals surface area contributed by atoms with E-state index in [0.717, 1.165) is 18.4 Å². The summed E-state index contributed by atoms with van der Waals surface area (Å²) in [7, 11) is 0. The fourth-order valence-electron chi connectivity index (χ4n) is 2.12. The third-order valence-electron chi connectivity index (χ3n) is 3.39. The molecule has 1 fully saturated rings. The highest BCUT2D eigenvalue weighted by atomic mass is 16.6. The number of fused-ring (bicyclic) bond motifs is 1. The summed E-state index contributed by atoms with van der Waals surface area (Å²) in [5.74, 6) is 1.72. The second-order valence-corrected chi connectivity index (χ2v) is 5.03. The van der Waals surface area contributed by atoms with Crippen LogP contribution in [0.1, 0.15) is 12.8 Å². The quantitative estimate of drug-likeness (QED) is 0.927. The van der Waals surface area contributed by atoms with E-state index >= 15 is 0 Å². The largest absolute Gasteiger partial charge is 0.486 e. The Balaban J connectivity index is 1.55. The Hall–Kier alpha value is -2.57. The van der Waals surface area contributed by atoms with Crippen LogP contribution >= 0.6 is 0 Å².